The fourth-order valence-corrected chi connectivity index (χ4v) is 5.52. The van der Waals surface area contributed by atoms with Gasteiger partial charge in [-0.1, -0.05) is 32.0 Å². The van der Waals surface area contributed by atoms with Gasteiger partial charge in [0.1, 0.15) is 22.6 Å². The number of benzene rings is 2. The predicted molar refractivity (Wildman–Crippen MR) is 163 cm³/mol. The zero-order valence-electron chi connectivity index (χ0n) is 24.1. The van der Waals surface area contributed by atoms with Crippen molar-refractivity contribution >= 4 is 40.0 Å². The molecule has 5 rings (SSSR count). The second kappa shape index (κ2) is 12.7. The van der Waals surface area contributed by atoms with Crippen LogP contribution in [0.2, 0.25) is 0 Å². The van der Waals surface area contributed by atoms with Gasteiger partial charge in [0, 0.05) is 62.4 Å². The van der Waals surface area contributed by atoms with Gasteiger partial charge in [-0.25, -0.2) is 14.2 Å². The first-order chi connectivity index (χ1) is 21.0. The third kappa shape index (κ3) is 6.46. The molecule has 0 atom stereocenters. The molecule has 4 aromatic rings. The summed E-state index contributed by atoms with van der Waals surface area (Å²) in [6.45, 7) is 7.62. The van der Waals surface area contributed by atoms with Gasteiger partial charge in [-0.15, -0.1) is 8.78 Å². The zero-order chi connectivity index (χ0) is 31.6. The summed E-state index contributed by atoms with van der Waals surface area (Å²) in [5.41, 5.74) is -5.22. The van der Waals surface area contributed by atoms with Crippen LogP contribution in [0.3, 0.4) is 0 Å². The highest BCUT2D eigenvalue weighted by Crippen LogP contribution is 2.43. The van der Waals surface area contributed by atoms with Crippen LogP contribution in [0.25, 0.3) is 16.6 Å². The van der Waals surface area contributed by atoms with E-state index in [2.05, 4.69) is 9.88 Å². The van der Waals surface area contributed by atoms with Gasteiger partial charge in [0.05, 0.1) is 5.39 Å². The molecule has 3 heterocycles. The maximum Gasteiger partial charge on any atom is 0.487 e. The number of anilines is 2. The molecule has 2 aromatic heterocycles. The molecule has 0 spiro atoms. The first-order valence-electron chi connectivity index (χ1n) is 14.1. The van der Waals surface area contributed by atoms with Gasteiger partial charge < -0.3 is 24.2 Å². The Morgan fingerprint density at radius 1 is 1.07 bits per heavy atom. The topological polar surface area (TPSA) is 91.1 Å². The standard InChI is InChI=1S/C31H31ClF3N5O4/c1-3-37(4-2)18-20-8-10-21(11-9-20)40-19-23(30(42)43)28(41)22-17-24(33)27(29(26(22)40)44-31(32,34)35)39-15-13-38(14-16-39)25-7-5-6-12-36-25/h5-12,17,19H,3-4,13-16,18H2,1-2H3,(H,42,43). The predicted octanol–water partition coefficient (Wildman–Crippen LogP) is 5.56. The highest BCUT2D eigenvalue weighted by Gasteiger charge is 2.35. The molecule has 1 fully saturated rings. The molecule has 0 saturated carbocycles. The zero-order valence-corrected chi connectivity index (χ0v) is 24.9. The number of ether oxygens (including phenoxy) is 1. The lowest BCUT2D eigenvalue weighted by atomic mass is 10.1. The number of hydrogen-bond acceptors (Lipinski definition) is 7. The summed E-state index contributed by atoms with van der Waals surface area (Å²) in [4.78, 5) is 35.4. The Bertz CT molecular complexity index is 1700. The normalized spacial score (nSPS) is 14.0. The molecule has 1 N–H and O–H groups in total. The van der Waals surface area contributed by atoms with Gasteiger partial charge in [-0.05, 0) is 49.0 Å². The Labute approximate surface area is 256 Å². The Morgan fingerprint density at radius 3 is 2.30 bits per heavy atom. The van der Waals surface area contributed by atoms with Crippen LogP contribution in [0.5, 0.6) is 5.75 Å². The van der Waals surface area contributed by atoms with Crippen LogP contribution in [-0.4, -0.2) is 70.4 Å². The Kier molecular flexibility index (Phi) is 9.02. The third-order valence-electron chi connectivity index (χ3n) is 7.70. The summed E-state index contributed by atoms with van der Waals surface area (Å²) in [5, 5.41) is 9.35. The summed E-state index contributed by atoms with van der Waals surface area (Å²) in [6.07, 6.45) is 2.69. The van der Waals surface area contributed by atoms with E-state index in [0.717, 1.165) is 36.7 Å². The second-order valence-corrected chi connectivity index (χ2v) is 10.8. The van der Waals surface area contributed by atoms with Gasteiger partial charge in [-0.3, -0.25) is 9.69 Å². The summed E-state index contributed by atoms with van der Waals surface area (Å²) in [7, 11) is 0. The minimum Gasteiger partial charge on any atom is -0.477 e. The summed E-state index contributed by atoms with van der Waals surface area (Å²) in [6, 6.07) is 13.3. The van der Waals surface area contributed by atoms with Crippen molar-refractivity contribution in [3.8, 4) is 11.4 Å². The van der Waals surface area contributed by atoms with E-state index in [1.165, 1.54) is 4.57 Å². The lowest BCUT2D eigenvalue weighted by Crippen LogP contribution is -2.47. The number of fused-ring (bicyclic) bond motifs is 1. The number of carboxylic acid groups (broad SMARTS) is 1. The van der Waals surface area contributed by atoms with Crippen molar-refractivity contribution < 1.29 is 27.8 Å². The molecule has 1 aliphatic heterocycles. The molecule has 0 radical (unpaired) electrons. The Balaban J connectivity index is 1.68. The number of rotatable bonds is 10. The van der Waals surface area contributed by atoms with Gasteiger partial charge in [0.15, 0.2) is 11.6 Å². The van der Waals surface area contributed by atoms with Crippen LogP contribution >= 0.6 is 11.6 Å². The molecule has 2 aromatic carbocycles. The molecule has 44 heavy (non-hydrogen) atoms. The lowest BCUT2D eigenvalue weighted by Gasteiger charge is -2.37. The van der Waals surface area contributed by atoms with Crippen molar-refractivity contribution in [2.45, 2.75) is 26.0 Å². The number of halogens is 4. The molecule has 0 bridgehead atoms. The minimum atomic E-state index is -4.27. The number of pyridine rings is 2. The largest absolute Gasteiger partial charge is 0.487 e. The molecule has 0 unspecified atom stereocenters. The molecule has 9 nitrogen and oxygen atoms in total. The second-order valence-electron chi connectivity index (χ2n) is 10.3. The third-order valence-corrected chi connectivity index (χ3v) is 7.78. The van der Waals surface area contributed by atoms with Crippen molar-refractivity contribution in [3.63, 3.8) is 0 Å². The van der Waals surface area contributed by atoms with Crippen LogP contribution in [0, 0.1) is 5.82 Å². The van der Waals surface area contributed by atoms with Crippen molar-refractivity contribution in [3.05, 3.63) is 88.1 Å². The van der Waals surface area contributed by atoms with E-state index in [4.69, 9.17) is 16.3 Å². The number of alkyl halides is 3. The Morgan fingerprint density at radius 2 is 1.73 bits per heavy atom. The number of hydrogen-bond donors (Lipinski definition) is 1. The molecule has 13 heteroatoms. The number of carbonyl (C=O) groups is 1. The lowest BCUT2D eigenvalue weighted by molar-refractivity contribution is -0.0955. The Hall–Kier alpha value is -4.29. The maximum atomic E-state index is 15.9. The molecule has 1 aliphatic rings. The van der Waals surface area contributed by atoms with E-state index in [-0.39, 0.29) is 24.3 Å². The minimum absolute atomic E-state index is 0.209. The molecule has 1 saturated heterocycles. The van der Waals surface area contributed by atoms with Crippen LogP contribution in [0.4, 0.5) is 24.7 Å². The molecular weight excluding hydrogens is 599 g/mol. The molecule has 232 valence electrons. The van der Waals surface area contributed by atoms with Crippen LogP contribution < -0.4 is 20.0 Å². The van der Waals surface area contributed by atoms with Gasteiger partial charge in [-0.2, -0.15) is 0 Å². The van der Waals surface area contributed by atoms with Crippen LogP contribution in [-0.2, 0) is 6.54 Å². The molecule has 0 aliphatic carbocycles. The SMILES string of the molecule is CCN(CC)Cc1ccc(-n2cc(C(=O)O)c(=O)c3cc(F)c(N4CCN(c5ccccn5)CC4)c(OC(F)(F)Cl)c32)cc1. The quantitative estimate of drug-likeness (QED) is 0.228. The van der Waals surface area contributed by atoms with E-state index in [1.807, 2.05) is 43.0 Å². The van der Waals surface area contributed by atoms with Crippen LogP contribution in [0.1, 0.15) is 29.8 Å². The number of piperazine rings is 1. The van der Waals surface area contributed by atoms with E-state index < -0.39 is 39.5 Å². The molecular formula is C31H31ClF3N5O4. The van der Waals surface area contributed by atoms with Gasteiger partial charge in [0.2, 0.25) is 5.43 Å². The van der Waals surface area contributed by atoms with Crippen molar-refractivity contribution in [2.75, 3.05) is 49.1 Å². The number of aromatic carboxylic acids is 1. The summed E-state index contributed by atoms with van der Waals surface area (Å²) >= 11 is 5.25. The number of nitrogens with zero attached hydrogens (tertiary/aromatic N) is 5. The average molecular weight is 630 g/mol. The number of aromatic nitrogens is 2. The van der Waals surface area contributed by atoms with Gasteiger partial charge in [0.25, 0.3) is 0 Å². The van der Waals surface area contributed by atoms with Crippen LogP contribution in [0.15, 0.2) is 65.7 Å². The first kappa shape index (κ1) is 31.1. The summed E-state index contributed by atoms with van der Waals surface area (Å²) < 4.78 is 50.9. The van der Waals surface area contributed by atoms with Crippen molar-refractivity contribution in [1.29, 1.82) is 0 Å². The average Bonchev–Trinajstić information content (AvgIpc) is 3.00. The monoisotopic (exact) mass is 629 g/mol. The van der Waals surface area contributed by atoms with Crippen molar-refractivity contribution in [1.82, 2.24) is 14.5 Å². The van der Waals surface area contributed by atoms with Gasteiger partial charge >= 0.3 is 11.5 Å². The maximum absolute atomic E-state index is 15.9. The van der Waals surface area contributed by atoms with E-state index in [0.29, 0.717) is 25.3 Å². The fraction of sp³-hybridized carbons (Fsp3) is 0.323. The van der Waals surface area contributed by atoms with E-state index in [9.17, 15) is 23.5 Å². The van der Waals surface area contributed by atoms with Crippen molar-refractivity contribution in [2.24, 2.45) is 0 Å². The number of carboxylic acids is 1. The first-order valence-corrected chi connectivity index (χ1v) is 14.5. The summed E-state index contributed by atoms with van der Waals surface area (Å²) in [5.74, 6) is -2.54. The smallest absolute Gasteiger partial charge is 0.477 e. The van der Waals surface area contributed by atoms with E-state index >= 15 is 4.39 Å². The highest BCUT2D eigenvalue weighted by atomic mass is 35.5. The van der Waals surface area contributed by atoms with E-state index in [1.54, 1.807) is 29.3 Å². The molecule has 0 amide bonds. The fourth-order valence-electron chi connectivity index (χ4n) is 5.45. The highest BCUT2D eigenvalue weighted by molar-refractivity contribution is 6.21.